The molecule has 1 fully saturated rings. The number of nitrogens with zero attached hydrogens (tertiary/aromatic N) is 1. The number of piperazine rings is 1. The lowest BCUT2D eigenvalue weighted by Gasteiger charge is -2.33. The molecule has 7 heteroatoms. The standard InChI is InChI=1S/C22H29ClN2O3S/c1-17(29(2,26)27)19-6-8-22(9-7-19)28-16-21-15-25(13-11-24-21)12-10-18-4-3-5-20(23)14-18/h3-9,14,17,21,24H,10-13,15-16H2,1-2H3/t17-,21+/m1/s1. The molecule has 1 saturated heterocycles. The highest BCUT2D eigenvalue weighted by molar-refractivity contribution is 7.90. The van der Waals surface area contributed by atoms with Crippen LogP contribution >= 0.6 is 11.6 Å². The van der Waals surface area contributed by atoms with Crippen LogP contribution < -0.4 is 10.1 Å². The molecule has 2 atom stereocenters. The van der Waals surface area contributed by atoms with E-state index in [9.17, 15) is 8.42 Å². The molecular formula is C22H29ClN2O3S. The molecule has 0 radical (unpaired) electrons. The SMILES string of the molecule is C[C@H](c1ccc(OC[C@@H]2CN(CCc3cccc(Cl)c3)CCN2)cc1)S(C)(=O)=O. The summed E-state index contributed by atoms with van der Waals surface area (Å²) in [6.45, 7) is 6.17. The Morgan fingerprint density at radius 2 is 2.00 bits per heavy atom. The molecule has 0 unspecified atom stereocenters. The predicted octanol–water partition coefficient (Wildman–Crippen LogP) is 3.34. The Morgan fingerprint density at radius 1 is 1.24 bits per heavy atom. The van der Waals surface area contributed by atoms with E-state index in [2.05, 4.69) is 16.3 Å². The highest BCUT2D eigenvalue weighted by Crippen LogP contribution is 2.23. The fraction of sp³-hybridized carbons (Fsp3) is 0.455. The van der Waals surface area contributed by atoms with Crippen molar-refractivity contribution in [3.8, 4) is 5.75 Å². The van der Waals surface area contributed by atoms with Gasteiger partial charge < -0.3 is 15.0 Å². The number of nitrogens with one attached hydrogen (secondary N) is 1. The summed E-state index contributed by atoms with van der Waals surface area (Å²) in [6.07, 6.45) is 2.24. The summed E-state index contributed by atoms with van der Waals surface area (Å²) in [5, 5.41) is 3.78. The van der Waals surface area contributed by atoms with Crippen LogP contribution in [-0.2, 0) is 16.3 Å². The van der Waals surface area contributed by atoms with Crippen LogP contribution in [0.25, 0.3) is 0 Å². The summed E-state index contributed by atoms with van der Waals surface area (Å²) in [7, 11) is -3.10. The zero-order chi connectivity index (χ0) is 20.9. The monoisotopic (exact) mass is 436 g/mol. The highest BCUT2D eigenvalue weighted by Gasteiger charge is 2.20. The third-order valence-electron chi connectivity index (χ3n) is 5.39. The summed E-state index contributed by atoms with van der Waals surface area (Å²) < 4.78 is 29.3. The lowest BCUT2D eigenvalue weighted by molar-refractivity contribution is 0.159. The fourth-order valence-corrected chi connectivity index (χ4v) is 4.33. The van der Waals surface area contributed by atoms with E-state index in [-0.39, 0.29) is 6.04 Å². The van der Waals surface area contributed by atoms with E-state index < -0.39 is 15.1 Å². The Morgan fingerprint density at radius 3 is 2.69 bits per heavy atom. The molecule has 1 N–H and O–H groups in total. The van der Waals surface area contributed by atoms with E-state index in [1.54, 1.807) is 6.92 Å². The van der Waals surface area contributed by atoms with Gasteiger partial charge in [-0.2, -0.15) is 0 Å². The van der Waals surface area contributed by atoms with Crippen LogP contribution in [0, 0.1) is 0 Å². The summed E-state index contributed by atoms with van der Waals surface area (Å²) in [5.41, 5.74) is 2.04. The highest BCUT2D eigenvalue weighted by atomic mass is 35.5. The van der Waals surface area contributed by atoms with Crippen LogP contribution in [-0.4, -0.2) is 58.4 Å². The normalized spacial score (nSPS) is 19.1. The van der Waals surface area contributed by atoms with Gasteiger partial charge in [-0.1, -0.05) is 35.9 Å². The van der Waals surface area contributed by atoms with Crippen molar-refractivity contribution in [2.75, 3.05) is 39.0 Å². The zero-order valence-corrected chi connectivity index (χ0v) is 18.5. The molecule has 0 saturated carbocycles. The van der Waals surface area contributed by atoms with Gasteiger partial charge in [0.1, 0.15) is 12.4 Å². The first-order valence-corrected chi connectivity index (χ1v) is 12.3. The van der Waals surface area contributed by atoms with Crippen LogP contribution in [0.1, 0.15) is 23.3 Å². The number of hydrogen-bond acceptors (Lipinski definition) is 5. The lowest BCUT2D eigenvalue weighted by atomic mass is 10.1. The summed E-state index contributed by atoms with van der Waals surface area (Å²) >= 11 is 6.07. The van der Waals surface area contributed by atoms with Gasteiger partial charge in [-0.15, -0.1) is 0 Å². The molecular weight excluding hydrogens is 408 g/mol. The molecule has 1 heterocycles. The van der Waals surface area contributed by atoms with Gasteiger partial charge in [0.15, 0.2) is 9.84 Å². The molecule has 158 valence electrons. The van der Waals surface area contributed by atoms with Crippen molar-refractivity contribution >= 4 is 21.4 Å². The van der Waals surface area contributed by atoms with Crippen molar-refractivity contribution in [3.05, 3.63) is 64.7 Å². The number of benzene rings is 2. The molecule has 0 aromatic heterocycles. The van der Waals surface area contributed by atoms with Crippen molar-refractivity contribution in [3.63, 3.8) is 0 Å². The molecule has 5 nitrogen and oxygen atoms in total. The molecule has 0 amide bonds. The van der Waals surface area contributed by atoms with Crippen molar-refractivity contribution in [1.82, 2.24) is 10.2 Å². The Hall–Kier alpha value is -1.60. The van der Waals surface area contributed by atoms with Crippen molar-refractivity contribution in [2.45, 2.75) is 24.6 Å². The topological polar surface area (TPSA) is 58.6 Å². The molecule has 0 aliphatic carbocycles. The van der Waals surface area contributed by atoms with E-state index in [4.69, 9.17) is 16.3 Å². The third kappa shape index (κ3) is 6.71. The Balaban J connectivity index is 1.47. The second kappa shape index (κ2) is 9.94. The lowest BCUT2D eigenvalue weighted by Crippen LogP contribution is -2.53. The van der Waals surface area contributed by atoms with Gasteiger partial charge in [0.2, 0.25) is 0 Å². The maximum absolute atomic E-state index is 11.7. The summed E-state index contributed by atoms with van der Waals surface area (Å²) in [6, 6.07) is 15.6. The minimum atomic E-state index is -3.10. The fourth-order valence-electron chi connectivity index (χ4n) is 3.47. The molecule has 1 aliphatic heterocycles. The number of hydrogen-bond donors (Lipinski definition) is 1. The van der Waals surface area contributed by atoms with Gasteiger partial charge >= 0.3 is 0 Å². The Kier molecular flexibility index (Phi) is 7.57. The van der Waals surface area contributed by atoms with Crippen molar-refractivity contribution < 1.29 is 13.2 Å². The molecule has 3 rings (SSSR count). The van der Waals surface area contributed by atoms with Crippen LogP contribution in [0.15, 0.2) is 48.5 Å². The third-order valence-corrected chi connectivity index (χ3v) is 7.18. The van der Waals surface area contributed by atoms with Gasteiger partial charge in [-0.25, -0.2) is 8.42 Å². The van der Waals surface area contributed by atoms with Gasteiger partial charge in [-0.05, 0) is 48.7 Å². The smallest absolute Gasteiger partial charge is 0.154 e. The number of rotatable bonds is 8. The number of sulfone groups is 1. The van der Waals surface area contributed by atoms with Crippen molar-refractivity contribution in [2.24, 2.45) is 0 Å². The second-order valence-electron chi connectivity index (χ2n) is 7.68. The molecule has 2 aromatic rings. The van der Waals surface area contributed by atoms with Crippen LogP contribution in [0.3, 0.4) is 0 Å². The quantitative estimate of drug-likeness (QED) is 0.687. The predicted molar refractivity (Wildman–Crippen MR) is 119 cm³/mol. The number of ether oxygens (including phenoxy) is 1. The minimum absolute atomic E-state index is 0.262. The largest absolute Gasteiger partial charge is 0.492 e. The average molecular weight is 437 g/mol. The Labute approximate surface area is 178 Å². The minimum Gasteiger partial charge on any atom is -0.492 e. The van der Waals surface area contributed by atoms with Gasteiger partial charge in [0.05, 0.1) is 11.3 Å². The van der Waals surface area contributed by atoms with E-state index in [0.717, 1.165) is 48.9 Å². The number of halogens is 1. The van der Waals surface area contributed by atoms with Crippen LogP contribution in [0.4, 0.5) is 0 Å². The van der Waals surface area contributed by atoms with E-state index >= 15 is 0 Å². The van der Waals surface area contributed by atoms with Crippen LogP contribution in [0.2, 0.25) is 5.02 Å². The first kappa shape index (κ1) is 22.1. The average Bonchev–Trinajstić information content (AvgIpc) is 2.70. The molecule has 2 aromatic carbocycles. The second-order valence-corrected chi connectivity index (χ2v) is 10.5. The van der Waals surface area contributed by atoms with E-state index in [0.29, 0.717) is 6.61 Å². The van der Waals surface area contributed by atoms with Crippen molar-refractivity contribution in [1.29, 1.82) is 0 Å². The maximum atomic E-state index is 11.7. The molecule has 0 bridgehead atoms. The molecule has 1 aliphatic rings. The van der Waals surface area contributed by atoms with E-state index in [1.165, 1.54) is 11.8 Å². The van der Waals surface area contributed by atoms with Gasteiger partial charge in [0.25, 0.3) is 0 Å². The molecule has 29 heavy (non-hydrogen) atoms. The van der Waals surface area contributed by atoms with Crippen LogP contribution in [0.5, 0.6) is 5.75 Å². The summed E-state index contributed by atoms with van der Waals surface area (Å²) in [5.74, 6) is 0.757. The first-order chi connectivity index (χ1) is 13.8. The molecule has 0 spiro atoms. The maximum Gasteiger partial charge on any atom is 0.154 e. The van der Waals surface area contributed by atoms with E-state index in [1.807, 2.05) is 42.5 Å². The first-order valence-electron chi connectivity index (χ1n) is 9.93. The van der Waals surface area contributed by atoms with Gasteiger partial charge in [0, 0.05) is 37.5 Å². The van der Waals surface area contributed by atoms with Gasteiger partial charge in [-0.3, -0.25) is 0 Å². The zero-order valence-electron chi connectivity index (χ0n) is 17.0. The summed E-state index contributed by atoms with van der Waals surface area (Å²) in [4.78, 5) is 2.45. The Bertz CT molecular complexity index is 903.